The zero-order valence-electron chi connectivity index (χ0n) is 17.3. The maximum absolute atomic E-state index is 9.58. The monoisotopic (exact) mass is 418 g/mol. The third-order valence-electron chi connectivity index (χ3n) is 5.61. The third kappa shape index (κ3) is 4.03. The van der Waals surface area contributed by atoms with Crippen LogP contribution in [0, 0.1) is 11.3 Å². The second kappa shape index (κ2) is 8.85. The van der Waals surface area contributed by atoms with E-state index in [0.29, 0.717) is 17.9 Å². The zero-order valence-corrected chi connectivity index (χ0v) is 18.1. The van der Waals surface area contributed by atoms with Gasteiger partial charge in [0.1, 0.15) is 5.76 Å². The molecule has 1 atom stereocenters. The quantitative estimate of drug-likeness (QED) is 0.659. The number of nitriles is 1. The zero-order chi connectivity index (χ0) is 21.1. The molecule has 1 unspecified atom stereocenters. The molecule has 6 heteroatoms. The summed E-state index contributed by atoms with van der Waals surface area (Å²) in [7, 11) is 1.64. The first-order valence-corrected chi connectivity index (χ1v) is 11.0. The van der Waals surface area contributed by atoms with Crippen molar-refractivity contribution in [1.29, 1.82) is 5.26 Å². The van der Waals surface area contributed by atoms with Crippen molar-refractivity contribution in [3.05, 3.63) is 82.0 Å². The van der Waals surface area contributed by atoms with Crippen molar-refractivity contribution in [2.45, 2.75) is 31.8 Å². The minimum atomic E-state index is -0.0898. The van der Waals surface area contributed by atoms with E-state index in [1.165, 1.54) is 6.42 Å². The lowest BCUT2D eigenvalue weighted by atomic mass is 10.1. The van der Waals surface area contributed by atoms with Gasteiger partial charge in [0.2, 0.25) is 5.96 Å². The number of hydrogen-bond acceptors (Lipinski definition) is 6. The van der Waals surface area contributed by atoms with Crippen LogP contribution < -0.4 is 0 Å². The second-order valence-corrected chi connectivity index (χ2v) is 8.64. The number of aliphatic imine (C=N–C) groups is 1. The minimum Gasteiger partial charge on any atom is -0.496 e. The van der Waals surface area contributed by atoms with Gasteiger partial charge >= 0.3 is 0 Å². The number of methoxy groups -OCH3 is 1. The normalized spacial score (nSPS) is 21.1. The van der Waals surface area contributed by atoms with Crippen LogP contribution in [0.25, 0.3) is 0 Å². The van der Waals surface area contributed by atoms with E-state index < -0.39 is 0 Å². The number of fused-ring (bicyclic) bond motifs is 1. The van der Waals surface area contributed by atoms with E-state index in [2.05, 4.69) is 41.2 Å². The molecule has 3 aliphatic heterocycles. The first-order valence-electron chi connectivity index (χ1n) is 10.2. The summed E-state index contributed by atoms with van der Waals surface area (Å²) in [5, 5.41) is 9.58. The molecule has 1 aromatic carbocycles. The van der Waals surface area contributed by atoms with Crippen molar-refractivity contribution in [2.24, 2.45) is 4.99 Å². The fourth-order valence-electron chi connectivity index (χ4n) is 3.93. The highest BCUT2D eigenvalue weighted by atomic mass is 32.2. The van der Waals surface area contributed by atoms with Gasteiger partial charge in [-0.2, -0.15) is 5.26 Å². The van der Waals surface area contributed by atoms with Crippen LogP contribution in [0.5, 0.6) is 0 Å². The van der Waals surface area contributed by atoms with Gasteiger partial charge in [-0.25, -0.2) is 4.99 Å². The lowest BCUT2D eigenvalue weighted by molar-refractivity contribution is 0.298. The Balaban J connectivity index is 1.74. The van der Waals surface area contributed by atoms with Crippen LogP contribution in [-0.4, -0.2) is 42.0 Å². The van der Waals surface area contributed by atoms with Crippen LogP contribution in [0.3, 0.4) is 0 Å². The molecule has 1 fully saturated rings. The molecular weight excluding hydrogens is 392 g/mol. The summed E-state index contributed by atoms with van der Waals surface area (Å²) in [6.45, 7) is 11.0. The van der Waals surface area contributed by atoms with E-state index in [4.69, 9.17) is 9.73 Å². The predicted octanol–water partition coefficient (Wildman–Crippen LogP) is 4.77. The van der Waals surface area contributed by atoms with Crippen LogP contribution in [0.4, 0.5) is 0 Å². The highest BCUT2D eigenvalue weighted by Gasteiger charge is 2.31. The predicted molar refractivity (Wildman–Crippen MR) is 122 cm³/mol. The van der Waals surface area contributed by atoms with Crippen LogP contribution in [-0.2, 0) is 11.3 Å². The van der Waals surface area contributed by atoms with Crippen molar-refractivity contribution in [3.8, 4) is 6.07 Å². The van der Waals surface area contributed by atoms with Crippen molar-refractivity contribution < 1.29 is 4.74 Å². The Morgan fingerprint density at radius 2 is 2.03 bits per heavy atom. The standard InChI is InChI=1S/C24H26N4OS/c1-17-22-13-21(14-23(30-22)18(2)29-3)26-24(27-11-7-4-8-12-27)28(17)16-20-10-6-5-9-19(20)15-25/h5-6,9-10,13-14,21H,1-2,4,7-8,11-12,16H2,3H3. The average molecular weight is 419 g/mol. The fourth-order valence-corrected chi connectivity index (χ4v) is 5.01. The lowest BCUT2D eigenvalue weighted by Gasteiger charge is -2.37. The van der Waals surface area contributed by atoms with E-state index in [1.54, 1.807) is 18.9 Å². The molecule has 30 heavy (non-hydrogen) atoms. The average Bonchev–Trinajstić information content (AvgIpc) is 2.89. The highest BCUT2D eigenvalue weighted by molar-refractivity contribution is 8.07. The summed E-state index contributed by atoms with van der Waals surface area (Å²) in [6, 6.07) is 9.97. The van der Waals surface area contributed by atoms with Crippen molar-refractivity contribution in [2.75, 3.05) is 20.2 Å². The Morgan fingerprint density at radius 1 is 1.27 bits per heavy atom. The number of piperidine rings is 1. The molecule has 0 saturated carbocycles. The van der Waals surface area contributed by atoms with Crippen LogP contribution >= 0.6 is 11.8 Å². The number of guanidine groups is 1. The molecule has 0 aliphatic carbocycles. The summed E-state index contributed by atoms with van der Waals surface area (Å²) in [5.74, 6) is 1.58. The molecule has 154 valence electrons. The van der Waals surface area contributed by atoms with Gasteiger partial charge in [0, 0.05) is 18.0 Å². The van der Waals surface area contributed by atoms with Gasteiger partial charge in [-0.3, -0.25) is 0 Å². The summed E-state index contributed by atoms with van der Waals surface area (Å²) in [4.78, 5) is 11.7. The maximum atomic E-state index is 9.58. The Labute approximate surface area is 182 Å². The highest BCUT2D eigenvalue weighted by Crippen LogP contribution is 2.42. The van der Waals surface area contributed by atoms with Gasteiger partial charge in [0.25, 0.3) is 0 Å². The van der Waals surface area contributed by atoms with Crippen LogP contribution in [0.2, 0.25) is 0 Å². The molecule has 3 heterocycles. The van der Waals surface area contributed by atoms with Gasteiger partial charge in [-0.05, 0) is 43.0 Å². The van der Waals surface area contributed by atoms with Crippen LogP contribution in [0.15, 0.2) is 75.8 Å². The molecule has 2 bridgehead atoms. The maximum Gasteiger partial charge on any atom is 0.202 e. The molecule has 4 rings (SSSR count). The molecule has 0 aromatic heterocycles. The fraction of sp³-hybridized carbons (Fsp3) is 0.333. The molecule has 0 amide bonds. The Hall–Kier alpha value is -2.91. The van der Waals surface area contributed by atoms with Crippen molar-refractivity contribution in [3.63, 3.8) is 0 Å². The number of thioether (sulfide) groups is 1. The van der Waals surface area contributed by atoms with E-state index in [0.717, 1.165) is 53.0 Å². The van der Waals surface area contributed by atoms with Gasteiger partial charge in [-0.1, -0.05) is 43.1 Å². The SMILES string of the molecule is C=C(OC)C1=CC2C=C(S1)C(=C)N(Cc1ccccc1C#N)C(N1CCCCC1)=N2. The Kier molecular flexibility index (Phi) is 6.01. The lowest BCUT2D eigenvalue weighted by Crippen LogP contribution is -2.46. The molecule has 0 N–H and O–H groups in total. The summed E-state index contributed by atoms with van der Waals surface area (Å²) in [6.07, 6.45) is 7.83. The molecule has 5 nitrogen and oxygen atoms in total. The first kappa shape index (κ1) is 20.4. The minimum absolute atomic E-state index is 0.0898. The number of likely N-dealkylation sites (tertiary alicyclic amines) is 1. The number of ether oxygens (including phenoxy) is 1. The Bertz CT molecular complexity index is 995. The van der Waals surface area contributed by atoms with E-state index in [9.17, 15) is 5.26 Å². The van der Waals surface area contributed by atoms with E-state index in [1.807, 2.05) is 24.3 Å². The van der Waals surface area contributed by atoms with Crippen molar-refractivity contribution in [1.82, 2.24) is 9.80 Å². The summed E-state index contributed by atoms with van der Waals surface area (Å²) < 4.78 is 5.38. The Morgan fingerprint density at radius 3 is 2.77 bits per heavy atom. The number of rotatable bonds is 4. The number of benzene rings is 1. The number of nitrogens with zero attached hydrogens (tertiary/aromatic N) is 4. The van der Waals surface area contributed by atoms with E-state index >= 15 is 0 Å². The van der Waals surface area contributed by atoms with E-state index in [-0.39, 0.29) is 6.04 Å². The largest absolute Gasteiger partial charge is 0.496 e. The number of hydrogen-bond donors (Lipinski definition) is 0. The molecule has 0 spiro atoms. The van der Waals surface area contributed by atoms with Gasteiger partial charge < -0.3 is 14.5 Å². The second-order valence-electron chi connectivity index (χ2n) is 7.56. The molecule has 0 radical (unpaired) electrons. The molecule has 1 saturated heterocycles. The van der Waals surface area contributed by atoms with Crippen LogP contribution in [0.1, 0.15) is 30.4 Å². The topological polar surface area (TPSA) is 51.9 Å². The summed E-state index contributed by atoms with van der Waals surface area (Å²) in [5.41, 5.74) is 2.56. The summed E-state index contributed by atoms with van der Waals surface area (Å²) >= 11 is 1.61. The van der Waals surface area contributed by atoms with Gasteiger partial charge in [0.05, 0.1) is 41.9 Å². The third-order valence-corrected chi connectivity index (χ3v) is 6.78. The van der Waals surface area contributed by atoms with Gasteiger partial charge in [-0.15, -0.1) is 0 Å². The first-order chi connectivity index (χ1) is 14.6. The van der Waals surface area contributed by atoms with Gasteiger partial charge in [0.15, 0.2) is 0 Å². The molecule has 3 aliphatic rings. The molecular formula is C24H26N4OS. The smallest absolute Gasteiger partial charge is 0.202 e. The van der Waals surface area contributed by atoms with Crippen molar-refractivity contribution >= 4 is 17.7 Å². The molecule has 1 aromatic rings.